The summed E-state index contributed by atoms with van der Waals surface area (Å²) >= 11 is 0. The van der Waals surface area contributed by atoms with Crippen LogP contribution in [0.15, 0.2) is 24.3 Å². The number of rotatable bonds is 4. The van der Waals surface area contributed by atoms with E-state index in [4.69, 9.17) is 0 Å². The minimum Gasteiger partial charge on any atom is -0.480 e. The number of hydrogen-bond acceptors (Lipinski definition) is 2. The van der Waals surface area contributed by atoms with Crippen LogP contribution < -0.4 is 0 Å². The second-order valence-electron chi connectivity index (χ2n) is 4.80. The molecule has 1 fully saturated rings. The van der Waals surface area contributed by atoms with Crippen LogP contribution in [0, 0.1) is 0 Å². The highest BCUT2D eigenvalue weighted by atomic mass is 19.3. The SMILES string of the molecule is O=C(O)C(c1ccc(C(F)F)cc1)N1CCCCC1. The van der Waals surface area contributed by atoms with Crippen molar-refractivity contribution in [2.75, 3.05) is 13.1 Å². The van der Waals surface area contributed by atoms with Crippen LogP contribution >= 0.6 is 0 Å². The average molecular weight is 269 g/mol. The first kappa shape index (κ1) is 13.9. The first-order chi connectivity index (χ1) is 9.09. The predicted molar refractivity (Wildman–Crippen MR) is 67.2 cm³/mol. The van der Waals surface area contributed by atoms with Crippen molar-refractivity contribution in [3.8, 4) is 0 Å². The first-order valence-electron chi connectivity index (χ1n) is 6.44. The van der Waals surface area contributed by atoms with E-state index in [1.807, 2.05) is 4.90 Å². The number of carboxylic acids is 1. The van der Waals surface area contributed by atoms with Crippen LogP contribution in [0.3, 0.4) is 0 Å². The van der Waals surface area contributed by atoms with E-state index >= 15 is 0 Å². The van der Waals surface area contributed by atoms with Crippen molar-refractivity contribution in [2.45, 2.75) is 31.7 Å². The molecule has 104 valence electrons. The number of aliphatic carboxylic acids is 1. The summed E-state index contributed by atoms with van der Waals surface area (Å²) in [5.41, 5.74) is 0.491. The molecule has 2 rings (SSSR count). The largest absolute Gasteiger partial charge is 0.480 e. The number of piperidine rings is 1. The summed E-state index contributed by atoms with van der Waals surface area (Å²) in [5.74, 6) is -0.924. The van der Waals surface area contributed by atoms with Gasteiger partial charge in [-0.1, -0.05) is 30.7 Å². The summed E-state index contributed by atoms with van der Waals surface area (Å²) in [6.07, 6.45) is 0.567. The van der Waals surface area contributed by atoms with Gasteiger partial charge in [0, 0.05) is 5.56 Å². The lowest BCUT2D eigenvalue weighted by Gasteiger charge is -2.32. The van der Waals surface area contributed by atoms with Gasteiger partial charge in [-0.3, -0.25) is 9.69 Å². The molecule has 1 atom stereocenters. The summed E-state index contributed by atoms with van der Waals surface area (Å²) in [6.45, 7) is 1.49. The zero-order valence-electron chi connectivity index (χ0n) is 10.6. The Labute approximate surface area is 110 Å². The second kappa shape index (κ2) is 6.10. The van der Waals surface area contributed by atoms with Crippen LogP contribution in [0.5, 0.6) is 0 Å². The van der Waals surface area contributed by atoms with Crippen LogP contribution in [-0.4, -0.2) is 29.1 Å². The summed E-state index contributed by atoms with van der Waals surface area (Å²) < 4.78 is 25.0. The Kier molecular flexibility index (Phi) is 4.47. The van der Waals surface area contributed by atoms with Gasteiger partial charge in [0.2, 0.25) is 0 Å². The van der Waals surface area contributed by atoms with E-state index in [0.717, 1.165) is 32.4 Å². The van der Waals surface area contributed by atoms with Gasteiger partial charge in [-0.2, -0.15) is 0 Å². The first-order valence-corrected chi connectivity index (χ1v) is 6.44. The zero-order chi connectivity index (χ0) is 13.8. The Hall–Kier alpha value is -1.49. The third-order valence-corrected chi connectivity index (χ3v) is 3.49. The molecule has 5 heteroatoms. The molecule has 0 saturated carbocycles. The quantitative estimate of drug-likeness (QED) is 0.912. The highest BCUT2D eigenvalue weighted by Gasteiger charge is 2.28. The van der Waals surface area contributed by atoms with Crippen molar-refractivity contribution >= 4 is 5.97 Å². The Balaban J connectivity index is 2.20. The van der Waals surface area contributed by atoms with Crippen molar-refractivity contribution in [2.24, 2.45) is 0 Å². The molecule has 0 aromatic heterocycles. The standard InChI is InChI=1S/C14H17F2NO2/c15-13(16)11-6-4-10(5-7-11)12(14(18)19)17-8-2-1-3-9-17/h4-7,12-13H,1-3,8-9H2,(H,18,19). The Bertz CT molecular complexity index is 428. The number of carbonyl (C=O) groups is 1. The van der Waals surface area contributed by atoms with Crippen LogP contribution in [0.2, 0.25) is 0 Å². The lowest BCUT2D eigenvalue weighted by molar-refractivity contribution is -0.144. The van der Waals surface area contributed by atoms with Crippen LogP contribution in [0.4, 0.5) is 8.78 Å². The second-order valence-corrected chi connectivity index (χ2v) is 4.80. The Morgan fingerprint density at radius 1 is 1.05 bits per heavy atom. The van der Waals surface area contributed by atoms with Crippen LogP contribution in [0.25, 0.3) is 0 Å². The number of alkyl halides is 2. The van der Waals surface area contributed by atoms with Crippen molar-refractivity contribution < 1.29 is 18.7 Å². The third kappa shape index (κ3) is 3.29. The molecule has 0 bridgehead atoms. The molecule has 0 amide bonds. The zero-order valence-corrected chi connectivity index (χ0v) is 10.6. The van der Waals surface area contributed by atoms with Crippen molar-refractivity contribution in [3.05, 3.63) is 35.4 Å². The monoisotopic (exact) mass is 269 g/mol. The fourth-order valence-corrected chi connectivity index (χ4v) is 2.51. The van der Waals surface area contributed by atoms with Gasteiger partial charge in [-0.05, 0) is 31.5 Å². The minimum atomic E-state index is -2.52. The lowest BCUT2D eigenvalue weighted by Crippen LogP contribution is -2.37. The van der Waals surface area contributed by atoms with Crippen molar-refractivity contribution in [1.82, 2.24) is 4.90 Å². The van der Waals surface area contributed by atoms with E-state index < -0.39 is 18.4 Å². The van der Waals surface area contributed by atoms with Crippen LogP contribution in [-0.2, 0) is 4.79 Å². The molecule has 3 nitrogen and oxygen atoms in total. The van der Waals surface area contributed by atoms with Crippen molar-refractivity contribution in [1.29, 1.82) is 0 Å². The normalized spacial score (nSPS) is 18.5. The van der Waals surface area contributed by atoms with Gasteiger partial charge >= 0.3 is 5.97 Å². The average Bonchev–Trinajstić information content (AvgIpc) is 2.40. The molecule has 1 aromatic carbocycles. The molecule has 1 saturated heterocycles. The van der Waals surface area contributed by atoms with E-state index in [2.05, 4.69) is 0 Å². The van der Waals surface area contributed by atoms with Gasteiger partial charge in [-0.25, -0.2) is 8.78 Å². The molecule has 1 heterocycles. The topological polar surface area (TPSA) is 40.5 Å². The Morgan fingerprint density at radius 2 is 1.58 bits per heavy atom. The molecule has 19 heavy (non-hydrogen) atoms. The lowest BCUT2D eigenvalue weighted by atomic mass is 10.0. The van der Waals surface area contributed by atoms with Gasteiger partial charge in [-0.15, -0.1) is 0 Å². The van der Waals surface area contributed by atoms with Crippen molar-refractivity contribution in [3.63, 3.8) is 0 Å². The van der Waals surface area contributed by atoms with Gasteiger partial charge < -0.3 is 5.11 Å². The van der Waals surface area contributed by atoms with Gasteiger partial charge in [0.15, 0.2) is 0 Å². The molecule has 1 aliphatic heterocycles. The molecule has 1 aromatic rings. The fraction of sp³-hybridized carbons (Fsp3) is 0.500. The van der Waals surface area contributed by atoms with Gasteiger partial charge in [0.25, 0.3) is 6.43 Å². The molecule has 1 unspecified atom stereocenters. The number of halogens is 2. The summed E-state index contributed by atoms with van der Waals surface area (Å²) in [5, 5.41) is 9.37. The molecule has 0 spiro atoms. The number of benzene rings is 1. The number of carboxylic acid groups (broad SMARTS) is 1. The molecule has 0 aliphatic carbocycles. The molecular weight excluding hydrogens is 252 g/mol. The minimum absolute atomic E-state index is 0.0773. The smallest absolute Gasteiger partial charge is 0.325 e. The molecule has 1 N–H and O–H groups in total. The maximum Gasteiger partial charge on any atom is 0.325 e. The molecular formula is C14H17F2NO2. The maximum atomic E-state index is 12.5. The highest BCUT2D eigenvalue weighted by Crippen LogP contribution is 2.27. The number of hydrogen-bond donors (Lipinski definition) is 1. The summed E-state index contributed by atoms with van der Waals surface area (Å²) in [6, 6.07) is 4.87. The van der Waals surface area contributed by atoms with E-state index in [-0.39, 0.29) is 5.56 Å². The van der Waals surface area contributed by atoms with E-state index in [9.17, 15) is 18.7 Å². The molecule has 1 aliphatic rings. The van der Waals surface area contributed by atoms with Gasteiger partial charge in [0.05, 0.1) is 0 Å². The third-order valence-electron chi connectivity index (χ3n) is 3.49. The number of likely N-dealkylation sites (tertiary alicyclic amines) is 1. The summed E-state index contributed by atoms with van der Waals surface area (Å²) in [7, 11) is 0. The number of nitrogens with zero attached hydrogens (tertiary/aromatic N) is 1. The maximum absolute atomic E-state index is 12.5. The Morgan fingerprint density at radius 3 is 2.05 bits per heavy atom. The van der Waals surface area contributed by atoms with E-state index in [1.165, 1.54) is 24.3 Å². The van der Waals surface area contributed by atoms with Crippen LogP contribution in [0.1, 0.15) is 42.9 Å². The van der Waals surface area contributed by atoms with Gasteiger partial charge in [0.1, 0.15) is 6.04 Å². The fourth-order valence-electron chi connectivity index (χ4n) is 2.51. The predicted octanol–water partition coefficient (Wildman–Crippen LogP) is 3.24. The summed E-state index contributed by atoms with van der Waals surface area (Å²) in [4.78, 5) is 13.3. The molecule has 0 radical (unpaired) electrons. The van der Waals surface area contributed by atoms with E-state index in [1.54, 1.807) is 0 Å². The highest BCUT2D eigenvalue weighted by molar-refractivity contribution is 5.75. The van der Waals surface area contributed by atoms with E-state index in [0.29, 0.717) is 5.56 Å².